The molecule has 13 nitrogen and oxygen atoms in total. The summed E-state index contributed by atoms with van der Waals surface area (Å²) in [5.41, 5.74) is 0.931. The van der Waals surface area contributed by atoms with E-state index < -0.39 is 28.1 Å². The zero-order valence-electron chi connectivity index (χ0n) is 28.1. The number of amides is 3. The van der Waals surface area contributed by atoms with E-state index in [4.69, 9.17) is 18.9 Å². The molecule has 3 N–H and O–H groups in total. The standard InChI is InChI=1S/C34H44N4O9S2/c1-22-18-38(23(2)20-39)33(40)27-16-26(36-49(42,43)32-9-7-15-48-32)11-12-28(27)47-24(3)8-5-6-14-44-31(22)19-37(4)34(41)35-25-10-13-29-30(17-25)46-21-45-29/h7,9-13,15-17,22-24,31,36,39H,5-6,8,14,18-21H2,1-4H3,(H,35,41)/t22-,23+,24+,31-/m0/s1. The molecule has 0 saturated heterocycles. The van der Waals surface area contributed by atoms with Gasteiger partial charge < -0.3 is 39.2 Å². The van der Waals surface area contributed by atoms with Gasteiger partial charge in [0, 0.05) is 50.1 Å². The highest BCUT2D eigenvalue weighted by molar-refractivity contribution is 7.94. The van der Waals surface area contributed by atoms with E-state index in [2.05, 4.69) is 10.0 Å². The predicted octanol–water partition coefficient (Wildman–Crippen LogP) is 5.24. The maximum Gasteiger partial charge on any atom is 0.321 e. The summed E-state index contributed by atoms with van der Waals surface area (Å²) in [6, 6.07) is 12.1. The second-order valence-electron chi connectivity index (χ2n) is 12.4. The molecule has 5 rings (SSSR count). The van der Waals surface area contributed by atoms with Crippen LogP contribution in [0.15, 0.2) is 58.1 Å². The van der Waals surface area contributed by atoms with Crippen molar-refractivity contribution < 1.29 is 42.1 Å². The van der Waals surface area contributed by atoms with Crippen molar-refractivity contribution in [2.75, 3.05) is 50.2 Å². The van der Waals surface area contributed by atoms with Crippen molar-refractivity contribution in [3.63, 3.8) is 0 Å². The van der Waals surface area contributed by atoms with Crippen molar-refractivity contribution in [3.05, 3.63) is 59.5 Å². The summed E-state index contributed by atoms with van der Waals surface area (Å²) in [6.07, 6.45) is 1.56. The van der Waals surface area contributed by atoms with E-state index in [0.717, 1.165) is 24.2 Å². The molecule has 0 saturated carbocycles. The van der Waals surface area contributed by atoms with E-state index >= 15 is 0 Å². The van der Waals surface area contributed by atoms with Gasteiger partial charge in [-0.15, -0.1) is 11.3 Å². The van der Waals surface area contributed by atoms with Crippen LogP contribution in [0, 0.1) is 5.92 Å². The molecule has 1 aromatic heterocycles. The quantitative estimate of drug-likeness (QED) is 0.284. The second-order valence-corrected chi connectivity index (χ2v) is 15.3. The number of anilines is 2. The Morgan fingerprint density at radius 3 is 2.59 bits per heavy atom. The molecule has 0 spiro atoms. The molecule has 49 heavy (non-hydrogen) atoms. The van der Waals surface area contributed by atoms with Crippen molar-refractivity contribution in [3.8, 4) is 17.2 Å². The number of nitrogens with one attached hydrogen (secondary N) is 2. The van der Waals surface area contributed by atoms with Gasteiger partial charge in [0.25, 0.3) is 15.9 Å². The van der Waals surface area contributed by atoms with Gasteiger partial charge in [0.05, 0.1) is 30.4 Å². The average Bonchev–Trinajstić information content (AvgIpc) is 3.79. The van der Waals surface area contributed by atoms with Crippen LogP contribution in [0.25, 0.3) is 0 Å². The minimum absolute atomic E-state index is 0.130. The van der Waals surface area contributed by atoms with E-state index in [1.807, 2.05) is 13.8 Å². The molecule has 2 aliphatic rings. The number of aliphatic hydroxyl groups is 1. The molecular weight excluding hydrogens is 673 g/mol. The van der Waals surface area contributed by atoms with Crippen LogP contribution in [-0.4, -0.2) is 93.7 Å². The lowest BCUT2D eigenvalue weighted by Crippen LogP contribution is -2.48. The number of thiophene rings is 1. The van der Waals surface area contributed by atoms with E-state index in [0.29, 0.717) is 36.0 Å². The van der Waals surface area contributed by atoms with Crippen LogP contribution in [-0.2, 0) is 14.8 Å². The molecule has 4 atom stereocenters. The Morgan fingerprint density at radius 1 is 1.08 bits per heavy atom. The number of rotatable bonds is 8. The van der Waals surface area contributed by atoms with Crippen LogP contribution in [0.1, 0.15) is 50.4 Å². The van der Waals surface area contributed by atoms with E-state index in [-0.39, 0.29) is 60.0 Å². The minimum atomic E-state index is -3.87. The van der Waals surface area contributed by atoms with Crippen LogP contribution < -0.4 is 24.2 Å². The van der Waals surface area contributed by atoms with Gasteiger partial charge in [-0.05, 0) is 74.9 Å². The Labute approximate surface area is 291 Å². The fourth-order valence-electron chi connectivity index (χ4n) is 5.62. The van der Waals surface area contributed by atoms with Crippen LogP contribution in [0.5, 0.6) is 17.2 Å². The summed E-state index contributed by atoms with van der Waals surface area (Å²) in [5.74, 6) is 0.788. The molecule has 266 valence electrons. The number of carbonyl (C=O) groups is 2. The van der Waals surface area contributed by atoms with Crippen molar-refractivity contribution >= 4 is 44.7 Å². The average molecular weight is 717 g/mol. The molecule has 15 heteroatoms. The summed E-state index contributed by atoms with van der Waals surface area (Å²) in [4.78, 5) is 30.7. The first-order chi connectivity index (χ1) is 23.4. The number of benzene rings is 2. The number of urea groups is 1. The molecule has 3 heterocycles. The summed E-state index contributed by atoms with van der Waals surface area (Å²) < 4.78 is 52.1. The molecule has 3 amide bonds. The van der Waals surface area contributed by atoms with Gasteiger partial charge >= 0.3 is 6.03 Å². The molecule has 2 aromatic carbocycles. The molecule has 0 unspecified atom stereocenters. The van der Waals surface area contributed by atoms with Gasteiger partial charge in [-0.1, -0.05) is 13.0 Å². The van der Waals surface area contributed by atoms with Crippen LogP contribution in [0.3, 0.4) is 0 Å². The topological polar surface area (TPSA) is 156 Å². The fourth-order valence-corrected chi connectivity index (χ4v) is 7.66. The van der Waals surface area contributed by atoms with Gasteiger partial charge in [0.15, 0.2) is 11.5 Å². The van der Waals surface area contributed by atoms with E-state index in [1.165, 1.54) is 17.0 Å². The maximum atomic E-state index is 14.4. The van der Waals surface area contributed by atoms with Gasteiger partial charge in [0.1, 0.15) is 9.96 Å². The highest BCUT2D eigenvalue weighted by Gasteiger charge is 2.31. The largest absolute Gasteiger partial charge is 0.490 e. The Kier molecular flexibility index (Phi) is 11.9. The number of hydrogen-bond acceptors (Lipinski definition) is 10. The molecule has 0 aliphatic carbocycles. The number of hydrogen-bond donors (Lipinski definition) is 3. The van der Waals surface area contributed by atoms with Gasteiger partial charge in [0.2, 0.25) is 6.79 Å². The third-order valence-corrected chi connectivity index (χ3v) is 11.3. The van der Waals surface area contributed by atoms with Crippen molar-refractivity contribution in [2.45, 2.75) is 62.5 Å². The Hall–Kier alpha value is -4.05. The third-order valence-electron chi connectivity index (χ3n) is 8.49. The SMILES string of the molecule is C[C@@H]1CCCCO[C@@H](CN(C)C(=O)Nc2ccc3c(c2)OCO3)[C@@H](C)CN([C@H](C)CO)C(=O)c2cc(NS(=O)(=O)c3cccs3)ccc2O1. The van der Waals surface area contributed by atoms with Gasteiger partial charge in [-0.3, -0.25) is 9.52 Å². The predicted molar refractivity (Wildman–Crippen MR) is 186 cm³/mol. The normalized spacial score (nSPS) is 20.8. The smallest absolute Gasteiger partial charge is 0.321 e. The minimum Gasteiger partial charge on any atom is -0.490 e. The van der Waals surface area contributed by atoms with Crippen LogP contribution in [0.4, 0.5) is 16.2 Å². The lowest BCUT2D eigenvalue weighted by molar-refractivity contribution is -0.0115. The van der Waals surface area contributed by atoms with Crippen molar-refractivity contribution in [1.82, 2.24) is 9.80 Å². The Morgan fingerprint density at radius 2 is 1.84 bits per heavy atom. The highest BCUT2D eigenvalue weighted by Crippen LogP contribution is 2.34. The van der Waals surface area contributed by atoms with Crippen molar-refractivity contribution in [1.29, 1.82) is 0 Å². The third kappa shape index (κ3) is 9.15. The van der Waals surface area contributed by atoms with Crippen LogP contribution in [0.2, 0.25) is 0 Å². The lowest BCUT2D eigenvalue weighted by atomic mass is 10.0. The number of ether oxygens (including phenoxy) is 4. The van der Waals surface area contributed by atoms with Gasteiger partial charge in [-0.25, -0.2) is 13.2 Å². The number of fused-ring (bicyclic) bond motifs is 2. The molecule has 2 aliphatic heterocycles. The second kappa shape index (κ2) is 16.1. The Balaban J connectivity index is 1.38. The first-order valence-corrected chi connectivity index (χ1v) is 18.6. The summed E-state index contributed by atoms with van der Waals surface area (Å²) in [5, 5.41) is 14.8. The number of aliphatic hydroxyl groups excluding tert-OH is 1. The van der Waals surface area contributed by atoms with Crippen LogP contribution >= 0.6 is 11.3 Å². The monoisotopic (exact) mass is 716 g/mol. The maximum absolute atomic E-state index is 14.4. The zero-order chi connectivity index (χ0) is 35.1. The first kappa shape index (κ1) is 36.2. The van der Waals surface area contributed by atoms with Gasteiger partial charge in [-0.2, -0.15) is 0 Å². The van der Waals surface area contributed by atoms with E-state index in [1.54, 1.807) is 60.6 Å². The fraction of sp³-hybridized carbons (Fsp3) is 0.471. The number of likely N-dealkylation sites (N-methyl/N-ethyl adjacent to an activating group) is 1. The highest BCUT2D eigenvalue weighted by atomic mass is 32.2. The number of nitrogens with zero attached hydrogens (tertiary/aromatic N) is 2. The summed E-state index contributed by atoms with van der Waals surface area (Å²) in [7, 11) is -2.19. The van der Waals surface area contributed by atoms with Crippen molar-refractivity contribution in [2.24, 2.45) is 5.92 Å². The molecule has 0 fully saturated rings. The molecule has 0 bridgehead atoms. The number of sulfonamides is 1. The molecular formula is C34H44N4O9S2. The van der Waals surface area contributed by atoms with E-state index in [9.17, 15) is 23.1 Å². The summed E-state index contributed by atoms with van der Waals surface area (Å²) >= 11 is 1.09. The zero-order valence-corrected chi connectivity index (χ0v) is 29.7. The molecule has 3 aromatic rings. The lowest BCUT2D eigenvalue weighted by Gasteiger charge is -2.35. The number of carbonyl (C=O) groups excluding carboxylic acids is 2. The Bertz CT molecular complexity index is 1700. The molecule has 0 radical (unpaired) electrons. The summed E-state index contributed by atoms with van der Waals surface area (Å²) in [6.45, 7) is 6.29. The first-order valence-electron chi connectivity index (χ1n) is 16.3.